The smallest absolute Gasteiger partial charge is 0.321 e. The Morgan fingerprint density at radius 3 is 2.41 bits per heavy atom. The van der Waals surface area contributed by atoms with Crippen molar-refractivity contribution < 1.29 is 9.59 Å². The number of amides is 3. The molecule has 0 aliphatic carbocycles. The van der Waals surface area contributed by atoms with Crippen LogP contribution in [0.15, 0.2) is 54.6 Å². The summed E-state index contributed by atoms with van der Waals surface area (Å²) < 4.78 is 0. The van der Waals surface area contributed by atoms with Crippen molar-refractivity contribution in [2.75, 3.05) is 20.1 Å². The van der Waals surface area contributed by atoms with E-state index >= 15 is 0 Å². The van der Waals surface area contributed by atoms with Crippen LogP contribution in [0, 0.1) is 6.92 Å². The lowest BCUT2D eigenvalue weighted by molar-refractivity contribution is -0.139. The molecular weight excluding hydrogens is 338 g/mol. The zero-order chi connectivity index (χ0) is 19.0. The van der Waals surface area contributed by atoms with Gasteiger partial charge in [-0.15, -0.1) is 0 Å². The second kappa shape index (κ2) is 7.06. The molecule has 0 saturated carbocycles. The molecule has 2 heterocycles. The van der Waals surface area contributed by atoms with Crippen molar-refractivity contribution in [3.05, 3.63) is 71.3 Å². The molecule has 2 saturated heterocycles. The maximum Gasteiger partial charge on any atom is 0.321 e. The molecule has 5 nitrogen and oxygen atoms in total. The van der Waals surface area contributed by atoms with Crippen molar-refractivity contribution in [1.82, 2.24) is 14.7 Å². The lowest BCUT2D eigenvalue weighted by Gasteiger charge is -2.40. The second-order valence-electron chi connectivity index (χ2n) is 7.57. The molecule has 2 aliphatic rings. The normalized spacial score (nSPS) is 22.4. The summed E-state index contributed by atoms with van der Waals surface area (Å²) in [5, 5.41) is 0. The summed E-state index contributed by atoms with van der Waals surface area (Å²) in [4.78, 5) is 31.5. The van der Waals surface area contributed by atoms with E-state index in [1.807, 2.05) is 59.3 Å². The van der Waals surface area contributed by atoms with Gasteiger partial charge in [0.05, 0.1) is 6.04 Å². The number of carbonyl (C=O) groups is 2. The summed E-state index contributed by atoms with van der Waals surface area (Å²) in [6.07, 6.45) is 0.560. The Bertz CT molecular complexity index is 852. The van der Waals surface area contributed by atoms with E-state index in [9.17, 15) is 9.59 Å². The maximum atomic E-state index is 13.2. The van der Waals surface area contributed by atoms with Crippen LogP contribution in [0.4, 0.5) is 4.79 Å². The van der Waals surface area contributed by atoms with Crippen molar-refractivity contribution in [3.63, 3.8) is 0 Å². The molecule has 2 fully saturated rings. The molecule has 0 unspecified atom stereocenters. The fourth-order valence-corrected chi connectivity index (χ4v) is 4.20. The maximum absolute atomic E-state index is 13.2. The number of nitrogens with zero attached hydrogens (tertiary/aromatic N) is 3. The molecular formula is C22H25N3O2. The molecule has 0 bridgehead atoms. The topological polar surface area (TPSA) is 43.9 Å². The first-order valence-corrected chi connectivity index (χ1v) is 9.45. The standard InChI is InChI=1S/C22H25N3O2/c1-16-8-6-7-11-18(16)13-24-15-19-14-23(2)21(26)20(25(19)22(24)27)12-17-9-4-3-5-10-17/h3-11,19-20H,12-15H2,1-2H3/t19-,20+/m1/s1. The van der Waals surface area contributed by atoms with Gasteiger partial charge in [-0.1, -0.05) is 54.6 Å². The Labute approximate surface area is 160 Å². The van der Waals surface area contributed by atoms with Crippen molar-refractivity contribution in [1.29, 1.82) is 0 Å². The van der Waals surface area contributed by atoms with Gasteiger partial charge in [-0.2, -0.15) is 0 Å². The molecule has 2 aromatic rings. The average molecular weight is 363 g/mol. The minimum Gasteiger partial charge on any atom is -0.342 e. The predicted octanol–water partition coefficient (Wildman–Crippen LogP) is 2.68. The first kappa shape index (κ1) is 17.6. The van der Waals surface area contributed by atoms with Crippen LogP contribution in [-0.4, -0.2) is 58.9 Å². The van der Waals surface area contributed by atoms with E-state index in [1.54, 1.807) is 4.90 Å². The number of aryl methyl sites for hydroxylation is 1. The van der Waals surface area contributed by atoms with Crippen LogP contribution >= 0.6 is 0 Å². The Balaban J connectivity index is 1.58. The zero-order valence-electron chi connectivity index (χ0n) is 15.8. The highest BCUT2D eigenvalue weighted by molar-refractivity contribution is 5.90. The molecule has 0 radical (unpaired) electrons. The summed E-state index contributed by atoms with van der Waals surface area (Å²) in [5.41, 5.74) is 3.42. The molecule has 2 aromatic carbocycles. The van der Waals surface area contributed by atoms with E-state index in [1.165, 1.54) is 5.56 Å². The van der Waals surface area contributed by atoms with Crippen molar-refractivity contribution in [3.8, 4) is 0 Å². The zero-order valence-corrected chi connectivity index (χ0v) is 15.8. The van der Waals surface area contributed by atoms with E-state index in [-0.39, 0.29) is 18.0 Å². The fourth-order valence-electron chi connectivity index (χ4n) is 4.20. The van der Waals surface area contributed by atoms with Crippen LogP contribution in [0.2, 0.25) is 0 Å². The van der Waals surface area contributed by atoms with Crippen LogP contribution in [-0.2, 0) is 17.8 Å². The van der Waals surface area contributed by atoms with Gasteiger partial charge in [0, 0.05) is 33.1 Å². The highest BCUT2D eigenvalue weighted by atomic mass is 16.2. The van der Waals surface area contributed by atoms with Gasteiger partial charge in [0.25, 0.3) is 0 Å². The first-order valence-electron chi connectivity index (χ1n) is 9.45. The van der Waals surface area contributed by atoms with Gasteiger partial charge in [0.1, 0.15) is 6.04 Å². The van der Waals surface area contributed by atoms with E-state index in [0.717, 1.165) is 11.1 Å². The molecule has 27 heavy (non-hydrogen) atoms. The van der Waals surface area contributed by atoms with E-state index in [4.69, 9.17) is 0 Å². The van der Waals surface area contributed by atoms with Gasteiger partial charge in [-0.05, 0) is 23.6 Å². The van der Waals surface area contributed by atoms with Gasteiger partial charge >= 0.3 is 6.03 Å². The van der Waals surface area contributed by atoms with Gasteiger partial charge in [0.2, 0.25) is 5.91 Å². The molecule has 2 atom stereocenters. The number of likely N-dealkylation sites (N-methyl/N-ethyl adjacent to an activating group) is 1. The highest BCUT2D eigenvalue weighted by Gasteiger charge is 2.48. The SMILES string of the molecule is Cc1ccccc1CN1C[C@H]2CN(C)C(=O)[C@H](Cc3ccccc3)N2C1=O. The lowest BCUT2D eigenvalue weighted by atomic mass is 9.99. The number of carbonyl (C=O) groups excluding carboxylic acids is 2. The Morgan fingerprint density at radius 1 is 0.963 bits per heavy atom. The quantitative estimate of drug-likeness (QED) is 0.838. The summed E-state index contributed by atoms with van der Waals surface area (Å²) in [6.45, 7) is 3.92. The van der Waals surface area contributed by atoms with E-state index < -0.39 is 6.04 Å². The van der Waals surface area contributed by atoms with Crippen molar-refractivity contribution in [2.24, 2.45) is 0 Å². The van der Waals surface area contributed by atoms with E-state index in [2.05, 4.69) is 19.1 Å². The van der Waals surface area contributed by atoms with Crippen LogP contribution in [0.5, 0.6) is 0 Å². The third-order valence-electron chi connectivity index (χ3n) is 5.69. The highest BCUT2D eigenvalue weighted by Crippen LogP contribution is 2.28. The van der Waals surface area contributed by atoms with Gasteiger partial charge < -0.3 is 14.7 Å². The van der Waals surface area contributed by atoms with Gasteiger partial charge in [0.15, 0.2) is 0 Å². The van der Waals surface area contributed by atoms with Crippen LogP contribution in [0.25, 0.3) is 0 Å². The molecule has 0 aromatic heterocycles. The van der Waals surface area contributed by atoms with E-state index in [0.29, 0.717) is 26.1 Å². The van der Waals surface area contributed by atoms with Gasteiger partial charge in [-0.25, -0.2) is 4.79 Å². The monoisotopic (exact) mass is 363 g/mol. The number of rotatable bonds is 4. The number of fused-ring (bicyclic) bond motifs is 1. The Morgan fingerprint density at radius 2 is 1.67 bits per heavy atom. The fraction of sp³-hybridized carbons (Fsp3) is 0.364. The summed E-state index contributed by atoms with van der Waals surface area (Å²) in [5.74, 6) is 0.0289. The third-order valence-corrected chi connectivity index (χ3v) is 5.69. The molecule has 2 aliphatic heterocycles. The minimum atomic E-state index is -0.425. The summed E-state index contributed by atoms with van der Waals surface area (Å²) in [7, 11) is 1.84. The van der Waals surface area contributed by atoms with Crippen molar-refractivity contribution >= 4 is 11.9 Å². The summed E-state index contributed by atoms with van der Waals surface area (Å²) in [6, 6.07) is 17.7. The number of piperazine rings is 1. The number of benzene rings is 2. The molecule has 0 spiro atoms. The minimum absolute atomic E-state index is 0.0226. The molecule has 3 amide bonds. The predicted molar refractivity (Wildman–Crippen MR) is 104 cm³/mol. The number of hydrogen-bond donors (Lipinski definition) is 0. The van der Waals surface area contributed by atoms with Crippen molar-refractivity contribution in [2.45, 2.75) is 32.0 Å². The molecule has 0 N–H and O–H groups in total. The first-order chi connectivity index (χ1) is 13.0. The van der Waals surface area contributed by atoms with Gasteiger partial charge in [-0.3, -0.25) is 4.79 Å². The molecule has 140 valence electrons. The largest absolute Gasteiger partial charge is 0.342 e. The molecule has 4 rings (SSSR count). The lowest BCUT2D eigenvalue weighted by Crippen LogP contribution is -2.60. The number of urea groups is 1. The third kappa shape index (κ3) is 3.29. The van der Waals surface area contributed by atoms with Crippen LogP contribution in [0.1, 0.15) is 16.7 Å². The van der Waals surface area contributed by atoms with Crippen LogP contribution < -0.4 is 0 Å². The Kier molecular flexibility index (Phi) is 4.60. The molecule has 5 heteroatoms. The second-order valence-corrected chi connectivity index (χ2v) is 7.57. The Hall–Kier alpha value is -2.82. The number of hydrogen-bond acceptors (Lipinski definition) is 2. The summed E-state index contributed by atoms with van der Waals surface area (Å²) >= 11 is 0. The van der Waals surface area contributed by atoms with Crippen LogP contribution in [0.3, 0.4) is 0 Å². The average Bonchev–Trinajstić information content (AvgIpc) is 2.97.